The van der Waals surface area contributed by atoms with E-state index >= 15 is 0 Å². The van der Waals surface area contributed by atoms with Crippen LogP contribution in [0.25, 0.3) is 0 Å². The van der Waals surface area contributed by atoms with Crippen molar-refractivity contribution in [2.75, 3.05) is 25.4 Å². The van der Waals surface area contributed by atoms with Crippen LogP contribution in [0.5, 0.6) is 0 Å². The van der Waals surface area contributed by atoms with Gasteiger partial charge in [0, 0.05) is 19.6 Å². The predicted molar refractivity (Wildman–Crippen MR) is 76.4 cm³/mol. The Morgan fingerprint density at radius 2 is 2.05 bits per heavy atom. The second-order valence-corrected chi connectivity index (χ2v) is 7.21. The van der Waals surface area contributed by atoms with Crippen LogP contribution in [0.2, 0.25) is 0 Å². The molecule has 7 nitrogen and oxygen atoms in total. The molecular formula is C13H20N2O5S. The van der Waals surface area contributed by atoms with E-state index in [0.717, 1.165) is 0 Å². The van der Waals surface area contributed by atoms with Crippen LogP contribution in [0.15, 0.2) is 22.8 Å². The third-order valence-electron chi connectivity index (χ3n) is 3.17. The molecule has 1 aliphatic rings. The molecule has 2 rings (SSSR count). The Balaban J connectivity index is 1.85. The molecule has 2 heterocycles. The molecule has 0 aromatic carbocycles. The minimum atomic E-state index is -3.41. The van der Waals surface area contributed by atoms with Gasteiger partial charge in [0.25, 0.3) is 5.91 Å². The lowest BCUT2D eigenvalue weighted by Gasteiger charge is -2.34. The molecule has 1 amide bonds. The minimum Gasteiger partial charge on any atom is -0.459 e. The first-order valence-corrected chi connectivity index (χ1v) is 8.44. The van der Waals surface area contributed by atoms with Gasteiger partial charge in [-0.3, -0.25) is 4.79 Å². The summed E-state index contributed by atoms with van der Waals surface area (Å²) in [7, 11) is -3.41. The number of morpholine rings is 1. The van der Waals surface area contributed by atoms with Crippen molar-refractivity contribution in [3.8, 4) is 0 Å². The molecule has 1 aromatic heterocycles. The first-order valence-electron chi connectivity index (χ1n) is 6.83. The van der Waals surface area contributed by atoms with Gasteiger partial charge in [-0.05, 0) is 26.0 Å². The molecule has 0 saturated carbocycles. The number of carbonyl (C=O) groups is 1. The second kappa shape index (κ2) is 6.59. The summed E-state index contributed by atoms with van der Waals surface area (Å²) in [5.41, 5.74) is 0. The molecule has 1 fully saturated rings. The normalized spacial score (nSPS) is 23.9. The first-order chi connectivity index (χ1) is 9.88. The van der Waals surface area contributed by atoms with E-state index in [-0.39, 0.29) is 30.3 Å². The van der Waals surface area contributed by atoms with Crippen LogP contribution < -0.4 is 5.32 Å². The fourth-order valence-electron chi connectivity index (χ4n) is 2.28. The van der Waals surface area contributed by atoms with E-state index in [2.05, 4.69) is 5.32 Å². The number of rotatable bonds is 5. The molecule has 1 saturated heterocycles. The number of nitrogens with zero attached hydrogens (tertiary/aromatic N) is 1. The molecule has 21 heavy (non-hydrogen) atoms. The van der Waals surface area contributed by atoms with Gasteiger partial charge in [0.2, 0.25) is 10.0 Å². The van der Waals surface area contributed by atoms with E-state index in [1.165, 1.54) is 16.6 Å². The van der Waals surface area contributed by atoms with E-state index in [0.29, 0.717) is 13.1 Å². The SMILES string of the molecule is C[C@@H]1CN(S(=O)(=O)CCNC(=O)c2ccco2)C[C@H](C)O1. The number of amides is 1. The van der Waals surface area contributed by atoms with Crippen molar-refractivity contribution in [2.24, 2.45) is 0 Å². The van der Waals surface area contributed by atoms with Gasteiger partial charge in [0.15, 0.2) is 5.76 Å². The molecule has 2 atom stereocenters. The molecule has 0 radical (unpaired) electrons. The van der Waals surface area contributed by atoms with Crippen molar-refractivity contribution >= 4 is 15.9 Å². The predicted octanol–water partition coefficient (Wildman–Crippen LogP) is 0.448. The Kier molecular flexibility index (Phi) is 5.02. The Labute approximate surface area is 124 Å². The average molecular weight is 316 g/mol. The number of ether oxygens (including phenoxy) is 1. The van der Waals surface area contributed by atoms with Crippen LogP contribution in [0.4, 0.5) is 0 Å². The van der Waals surface area contributed by atoms with Crippen LogP contribution in [-0.2, 0) is 14.8 Å². The number of sulfonamides is 1. The number of nitrogens with one attached hydrogen (secondary N) is 1. The highest BCUT2D eigenvalue weighted by atomic mass is 32.2. The lowest BCUT2D eigenvalue weighted by molar-refractivity contribution is -0.0440. The number of hydrogen-bond acceptors (Lipinski definition) is 5. The van der Waals surface area contributed by atoms with Gasteiger partial charge in [-0.15, -0.1) is 0 Å². The summed E-state index contributed by atoms with van der Waals surface area (Å²) in [6.07, 6.45) is 1.14. The zero-order chi connectivity index (χ0) is 15.5. The molecule has 118 valence electrons. The standard InChI is InChI=1S/C13H20N2O5S/c1-10-8-15(9-11(2)20-10)21(17,18)7-5-14-13(16)12-4-3-6-19-12/h3-4,6,10-11H,5,7-9H2,1-2H3,(H,14,16)/t10-,11+. The van der Waals surface area contributed by atoms with Crippen LogP contribution in [0, 0.1) is 0 Å². The van der Waals surface area contributed by atoms with E-state index in [9.17, 15) is 13.2 Å². The van der Waals surface area contributed by atoms with Gasteiger partial charge in [-0.25, -0.2) is 8.42 Å². The molecule has 1 aliphatic heterocycles. The zero-order valence-corrected chi connectivity index (χ0v) is 12.9. The monoisotopic (exact) mass is 316 g/mol. The third kappa shape index (κ3) is 4.29. The Morgan fingerprint density at radius 3 is 2.62 bits per heavy atom. The molecule has 0 bridgehead atoms. The molecule has 8 heteroatoms. The Bertz CT molecular complexity index is 559. The highest BCUT2D eigenvalue weighted by Crippen LogP contribution is 2.14. The zero-order valence-electron chi connectivity index (χ0n) is 12.1. The van der Waals surface area contributed by atoms with Gasteiger partial charge in [0.1, 0.15) is 0 Å². The number of hydrogen-bond donors (Lipinski definition) is 1. The molecule has 0 unspecified atom stereocenters. The summed E-state index contributed by atoms with van der Waals surface area (Å²) in [6, 6.07) is 3.12. The minimum absolute atomic E-state index is 0.0436. The van der Waals surface area contributed by atoms with Crippen LogP contribution in [0.1, 0.15) is 24.4 Å². The highest BCUT2D eigenvalue weighted by molar-refractivity contribution is 7.89. The molecular weight excluding hydrogens is 296 g/mol. The summed E-state index contributed by atoms with van der Waals surface area (Å²) in [4.78, 5) is 11.6. The van der Waals surface area contributed by atoms with Crippen molar-refractivity contribution in [1.82, 2.24) is 9.62 Å². The Hall–Kier alpha value is -1.38. The average Bonchev–Trinajstić information content (AvgIpc) is 2.91. The maximum Gasteiger partial charge on any atom is 0.287 e. The maximum atomic E-state index is 12.2. The van der Waals surface area contributed by atoms with Crippen molar-refractivity contribution in [3.05, 3.63) is 24.2 Å². The van der Waals surface area contributed by atoms with Crippen LogP contribution in [-0.4, -0.2) is 56.2 Å². The summed E-state index contributed by atoms with van der Waals surface area (Å²) in [5.74, 6) is -0.390. The van der Waals surface area contributed by atoms with E-state index in [1.54, 1.807) is 6.07 Å². The third-order valence-corrected chi connectivity index (χ3v) is 4.97. The van der Waals surface area contributed by atoms with Crippen molar-refractivity contribution < 1.29 is 22.4 Å². The van der Waals surface area contributed by atoms with E-state index in [4.69, 9.17) is 9.15 Å². The fourth-order valence-corrected chi connectivity index (χ4v) is 3.77. The van der Waals surface area contributed by atoms with Crippen LogP contribution >= 0.6 is 0 Å². The highest BCUT2D eigenvalue weighted by Gasteiger charge is 2.30. The van der Waals surface area contributed by atoms with Gasteiger partial charge < -0.3 is 14.5 Å². The van der Waals surface area contributed by atoms with E-state index < -0.39 is 15.9 Å². The van der Waals surface area contributed by atoms with Crippen molar-refractivity contribution in [3.63, 3.8) is 0 Å². The lowest BCUT2D eigenvalue weighted by Crippen LogP contribution is -2.49. The number of furan rings is 1. The smallest absolute Gasteiger partial charge is 0.287 e. The van der Waals surface area contributed by atoms with Gasteiger partial charge >= 0.3 is 0 Å². The summed E-state index contributed by atoms with van der Waals surface area (Å²) >= 11 is 0. The maximum absolute atomic E-state index is 12.2. The molecule has 0 spiro atoms. The topological polar surface area (TPSA) is 88.9 Å². The van der Waals surface area contributed by atoms with Crippen molar-refractivity contribution in [2.45, 2.75) is 26.1 Å². The van der Waals surface area contributed by atoms with Crippen LogP contribution in [0.3, 0.4) is 0 Å². The largest absolute Gasteiger partial charge is 0.459 e. The Morgan fingerprint density at radius 1 is 1.38 bits per heavy atom. The summed E-state index contributed by atoms with van der Waals surface area (Å²) in [6.45, 7) is 4.42. The van der Waals surface area contributed by atoms with Crippen molar-refractivity contribution in [1.29, 1.82) is 0 Å². The fraction of sp³-hybridized carbons (Fsp3) is 0.615. The molecule has 1 N–H and O–H groups in total. The quantitative estimate of drug-likeness (QED) is 0.852. The lowest BCUT2D eigenvalue weighted by atomic mass is 10.3. The molecule has 1 aromatic rings. The van der Waals surface area contributed by atoms with E-state index in [1.807, 2.05) is 13.8 Å². The van der Waals surface area contributed by atoms with Gasteiger partial charge in [-0.2, -0.15) is 4.31 Å². The number of carbonyl (C=O) groups excluding carboxylic acids is 1. The second-order valence-electron chi connectivity index (χ2n) is 5.12. The summed E-state index contributed by atoms with van der Waals surface area (Å²) < 4.78 is 36.4. The van der Waals surface area contributed by atoms with Gasteiger partial charge in [0.05, 0.1) is 24.2 Å². The summed E-state index contributed by atoms with van der Waals surface area (Å²) in [5, 5.41) is 2.53. The first kappa shape index (κ1) is 16.0. The molecule has 0 aliphatic carbocycles. The van der Waals surface area contributed by atoms with Gasteiger partial charge in [-0.1, -0.05) is 0 Å².